The minimum Gasteiger partial charge on any atom is -0.356 e. The van der Waals surface area contributed by atoms with Crippen LogP contribution in [0, 0.1) is 5.92 Å². The third-order valence-corrected chi connectivity index (χ3v) is 6.26. The second kappa shape index (κ2) is 11.4. The Hall–Kier alpha value is -1.59. The van der Waals surface area contributed by atoms with E-state index in [1.54, 1.807) is 0 Å². The van der Waals surface area contributed by atoms with Crippen molar-refractivity contribution >= 4 is 5.96 Å². The van der Waals surface area contributed by atoms with Crippen LogP contribution in [0.25, 0.3) is 0 Å². The third kappa shape index (κ3) is 6.49. The van der Waals surface area contributed by atoms with Crippen molar-refractivity contribution in [3.63, 3.8) is 0 Å². The molecule has 28 heavy (non-hydrogen) atoms. The summed E-state index contributed by atoms with van der Waals surface area (Å²) in [6.07, 6.45) is 4.93. The van der Waals surface area contributed by atoms with Crippen molar-refractivity contribution in [3.05, 3.63) is 35.9 Å². The smallest absolute Gasteiger partial charge is 0.193 e. The fourth-order valence-corrected chi connectivity index (χ4v) is 4.46. The maximum atomic E-state index is 4.53. The molecule has 2 aliphatic rings. The highest BCUT2D eigenvalue weighted by Gasteiger charge is 2.24. The van der Waals surface area contributed by atoms with E-state index in [9.17, 15) is 0 Å². The second-order valence-electron chi connectivity index (χ2n) is 8.25. The number of hydrogen-bond donors (Lipinski definition) is 1. The summed E-state index contributed by atoms with van der Waals surface area (Å²) in [5, 5.41) is 3.60. The Balaban J connectivity index is 1.30. The predicted molar refractivity (Wildman–Crippen MR) is 119 cm³/mol. The van der Waals surface area contributed by atoms with Crippen LogP contribution in [0.15, 0.2) is 35.3 Å². The van der Waals surface area contributed by atoms with Gasteiger partial charge in [0.25, 0.3) is 0 Å². The maximum Gasteiger partial charge on any atom is 0.193 e. The average Bonchev–Trinajstić information content (AvgIpc) is 3.20. The zero-order chi connectivity index (χ0) is 19.6. The summed E-state index contributed by atoms with van der Waals surface area (Å²) < 4.78 is 0. The van der Waals surface area contributed by atoms with Crippen LogP contribution in [-0.4, -0.2) is 86.6 Å². The molecular formula is C23H39N5. The van der Waals surface area contributed by atoms with Gasteiger partial charge in [0, 0.05) is 52.9 Å². The summed E-state index contributed by atoms with van der Waals surface area (Å²) >= 11 is 0. The first kappa shape index (κ1) is 21.1. The van der Waals surface area contributed by atoms with Crippen molar-refractivity contribution in [2.75, 3.05) is 66.0 Å². The first-order chi connectivity index (χ1) is 13.8. The number of nitrogens with zero attached hydrogens (tertiary/aromatic N) is 4. The van der Waals surface area contributed by atoms with Gasteiger partial charge >= 0.3 is 0 Å². The Bertz CT molecular complexity index is 580. The molecule has 3 rings (SSSR count). The lowest BCUT2D eigenvalue weighted by Crippen LogP contribution is -2.46. The first-order valence-electron chi connectivity index (χ1n) is 11.2. The summed E-state index contributed by atoms with van der Waals surface area (Å²) in [6, 6.07) is 10.9. The van der Waals surface area contributed by atoms with Crippen LogP contribution in [0.3, 0.4) is 0 Å². The summed E-state index contributed by atoms with van der Waals surface area (Å²) in [6.45, 7) is 12.9. The zero-order valence-corrected chi connectivity index (χ0v) is 17.9. The van der Waals surface area contributed by atoms with E-state index in [0.29, 0.717) is 0 Å². The number of guanidine groups is 1. The van der Waals surface area contributed by atoms with E-state index in [0.717, 1.165) is 31.5 Å². The molecule has 5 heteroatoms. The number of likely N-dealkylation sites (N-methyl/N-ethyl adjacent to an activating group) is 1. The number of hydrogen-bond acceptors (Lipinski definition) is 3. The topological polar surface area (TPSA) is 34.1 Å². The zero-order valence-electron chi connectivity index (χ0n) is 17.9. The van der Waals surface area contributed by atoms with Gasteiger partial charge in [-0.15, -0.1) is 0 Å². The molecule has 1 atom stereocenters. The van der Waals surface area contributed by atoms with Gasteiger partial charge in [-0.05, 0) is 50.3 Å². The molecule has 2 aliphatic heterocycles. The standard InChI is InChI=1S/C23H39N5/c1-3-26-15-17-27(18-16-26)13-8-7-12-25-23(24-2)28-14-11-22(20-28)19-21-9-5-4-6-10-21/h4-6,9-10,22H,3,7-8,11-20H2,1-2H3,(H,24,25). The summed E-state index contributed by atoms with van der Waals surface area (Å²) in [5.41, 5.74) is 1.46. The average molecular weight is 386 g/mol. The summed E-state index contributed by atoms with van der Waals surface area (Å²) in [5.74, 6) is 1.83. The molecule has 0 radical (unpaired) electrons. The van der Waals surface area contributed by atoms with Crippen molar-refractivity contribution in [1.82, 2.24) is 20.0 Å². The highest BCUT2D eigenvalue weighted by atomic mass is 15.3. The van der Waals surface area contributed by atoms with Crippen molar-refractivity contribution in [2.24, 2.45) is 10.9 Å². The molecule has 0 spiro atoms. The number of aliphatic imine (C=N–C) groups is 1. The Morgan fingerprint density at radius 1 is 1.04 bits per heavy atom. The van der Waals surface area contributed by atoms with E-state index in [1.165, 1.54) is 70.5 Å². The number of rotatable bonds is 8. The van der Waals surface area contributed by atoms with E-state index in [4.69, 9.17) is 0 Å². The van der Waals surface area contributed by atoms with Crippen LogP contribution < -0.4 is 5.32 Å². The molecule has 5 nitrogen and oxygen atoms in total. The largest absolute Gasteiger partial charge is 0.356 e. The highest BCUT2D eigenvalue weighted by Crippen LogP contribution is 2.20. The molecule has 0 aliphatic carbocycles. The number of piperazine rings is 1. The van der Waals surface area contributed by atoms with Crippen LogP contribution in [0.2, 0.25) is 0 Å². The molecule has 1 aromatic rings. The van der Waals surface area contributed by atoms with Gasteiger partial charge in [-0.3, -0.25) is 4.99 Å². The molecule has 2 heterocycles. The first-order valence-corrected chi connectivity index (χ1v) is 11.2. The lowest BCUT2D eigenvalue weighted by molar-refractivity contribution is 0.136. The van der Waals surface area contributed by atoms with Gasteiger partial charge in [-0.1, -0.05) is 37.3 Å². The number of nitrogens with one attached hydrogen (secondary N) is 1. The van der Waals surface area contributed by atoms with Crippen LogP contribution >= 0.6 is 0 Å². The monoisotopic (exact) mass is 385 g/mol. The molecule has 1 N–H and O–H groups in total. The normalized spacial score (nSPS) is 22.0. The number of unbranched alkanes of at least 4 members (excludes halogenated alkanes) is 1. The predicted octanol–water partition coefficient (Wildman–Crippen LogP) is 2.54. The quantitative estimate of drug-likeness (QED) is 0.424. The number of benzene rings is 1. The van der Waals surface area contributed by atoms with Gasteiger partial charge in [0.1, 0.15) is 0 Å². The van der Waals surface area contributed by atoms with E-state index in [2.05, 4.69) is 62.3 Å². The van der Waals surface area contributed by atoms with Crippen molar-refractivity contribution in [3.8, 4) is 0 Å². The van der Waals surface area contributed by atoms with E-state index >= 15 is 0 Å². The summed E-state index contributed by atoms with van der Waals surface area (Å²) in [4.78, 5) is 12.1. The molecule has 156 valence electrons. The molecule has 1 unspecified atom stereocenters. The van der Waals surface area contributed by atoms with E-state index < -0.39 is 0 Å². The fraction of sp³-hybridized carbons (Fsp3) is 0.696. The number of likely N-dealkylation sites (tertiary alicyclic amines) is 1. The van der Waals surface area contributed by atoms with Gasteiger partial charge in [-0.25, -0.2) is 0 Å². The molecule has 2 fully saturated rings. The molecule has 0 aromatic heterocycles. The molecule has 0 amide bonds. The highest BCUT2D eigenvalue weighted by molar-refractivity contribution is 5.80. The SMILES string of the molecule is CCN1CCN(CCCCNC(=NC)N2CCC(Cc3ccccc3)C2)CC1. The summed E-state index contributed by atoms with van der Waals surface area (Å²) in [7, 11) is 1.92. The molecule has 0 saturated carbocycles. The Morgan fingerprint density at radius 3 is 2.50 bits per heavy atom. The van der Waals surface area contributed by atoms with Gasteiger partial charge < -0.3 is 20.0 Å². The van der Waals surface area contributed by atoms with Gasteiger partial charge in [0.05, 0.1) is 0 Å². The van der Waals surface area contributed by atoms with E-state index in [-0.39, 0.29) is 0 Å². The van der Waals surface area contributed by atoms with Crippen LogP contribution in [0.5, 0.6) is 0 Å². The minimum atomic E-state index is 0.739. The van der Waals surface area contributed by atoms with E-state index in [1.807, 2.05) is 7.05 Å². The lowest BCUT2D eigenvalue weighted by Gasteiger charge is -2.34. The minimum absolute atomic E-state index is 0.739. The Labute approximate surface area is 171 Å². The molecule has 2 saturated heterocycles. The Kier molecular flexibility index (Phi) is 8.62. The van der Waals surface area contributed by atoms with Crippen LogP contribution in [0.4, 0.5) is 0 Å². The fourth-order valence-electron chi connectivity index (χ4n) is 4.46. The van der Waals surface area contributed by atoms with Crippen LogP contribution in [-0.2, 0) is 6.42 Å². The maximum absolute atomic E-state index is 4.53. The van der Waals surface area contributed by atoms with Gasteiger partial charge in [-0.2, -0.15) is 0 Å². The third-order valence-electron chi connectivity index (χ3n) is 6.26. The van der Waals surface area contributed by atoms with Crippen molar-refractivity contribution < 1.29 is 0 Å². The van der Waals surface area contributed by atoms with Crippen molar-refractivity contribution in [1.29, 1.82) is 0 Å². The molecular weight excluding hydrogens is 346 g/mol. The van der Waals surface area contributed by atoms with Crippen molar-refractivity contribution in [2.45, 2.75) is 32.6 Å². The molecule has 1 aromatic carbocycles. The second-order valence-corrected chi connectivity index (χ2v) is 8.25. The molecule has 0 bridgehead atoms. The lowest BCUT2D eigenvalue weighted by atomic mass is 9.99. The van der Waals surface area contributed by atoms with Gasteiger partial charge in [0.2, 0.25) is 0 Å². The van der Waals surface area contributed by atoms with Gasteiger partial charge in [0.15, 0.2) is 5.96 Å². The Morgan fingerprint density at radius 2 is 1.79 bits per heavy atom. The van der Waals surface area contributed by atoms with Crippen LogP contribution in [0.1, 0.15) is 31.7 Å².